The van der Waals surface area contributed by atoms with E-state index in [-0.39, 0.29) is 19.0 Å². The number of aliphatic hydroxyl groups excluding tert-OH is 1. The van der Waals surface area contributed by atoms with Crippen LogP contribution in [0.1, 0.15) is 6.92 Å². The number of nitrogens with one attached hydrogen (secondary N) is 1. The lowest BCUT2D eigenvalue weighted by molar-refractivity contribution is 0.216. The fourth-order valence-electron chi connectivity index (χ4n) is 0.596. The zero-order valence-electron chi connectivity index (χ0n) is 7.28. The van der Waals surface area contributed by atoms with Crippen LogP contribution in [0.2, 0.25) is 0 Å². The van der Waals surface area contributed by atoms with Crippen molar-refractivity contribution in [2.24, 2.45) is 0 Å². The van der Waals surface area contributed by atoms with E-state index in [1.165, 1.54) is 7.11 Å². The molecule has 2 N–H and O–H groups in total. The Labute approximate surface area is 72.8 Å². The van der Waals surface area contributed by atoms with E-state index in [1.807, 2.05) is 0 Å². The molecule has 0 aliphatic heterocycles. The molecule has 0 amide bonds. The summed E-state index contributed by atoms with van der Waals surface area (Å²) in [6.45, 7) is 1.55. The van der Waals surface area contributed by atoms with Crippen LogP contribution in [0.3, 0.4) is 0 Å². The predicted molar refractivity (Wildman–Crippen MR) is 45.3 cm³/mol. The number of hydrogen-bond acceptors (Lipinski definition) is 4. The van der Waals surface area contributed by atoms with Crippen molar-refractivity contribution in [1.82, 2.24) is 4.72 Å². The molecule has 0 saturated carbocycles. The molecule has 1 unspecified atom stereocenters. The summed E-state index contributed by atoms with van der Waals surface area (Å²) >= 11 is 0. The van der Waals surface area contributed by atoms with Gasteiger partial charge in [0.15, 0.2) is 0 Å². The quantitative estimate of drug-likeness (QED) is 0.568. The largest absolute Gasteiger partial charge is 0.395 e. The van der Waals surface area contributed by atoms with Crippen LogP contribution in [-0.4, -0.2) is 45.6 Å². The van der Waals surface area contributed by atoms with E-state index in [1.54, 1.807) is 6.92 Å². The monoisotopic (exact) mass is 197 g/mol. The molecule has 0 fully saturated rings. The first-order valence-corrected chi connectivity index (χ1v) is 5.27. The van der Waals surface area contributed by atoms with E-state index in [0.717, 1.165) is 0 Å². The third kappa shape index (κ3) is 5.48. The van der Waals surface area contributed by atoms with Crippen LogP contribution in [0.15, 0.2) is 0 Å². The summed E-state index contributed by atoms with van der Waals surface area (Å²) in [4.78, 5) is 0. The van der Waals surface area contributed by atoms with Crippen molar-refractivity contribution in [2.45, 2.75) is 13.0 Å². The number of ether oxygens (including phenoxy) is 1. The maximum atomic E-state index is 11.1. The first-order valence-electron chi connectivity index (χ1n) is 3.61. The lowest BCUT2D eigenvalue weighted by Gasteiger charge is -2.10. The molecule has 0 heterocycles. The van der Waals surface area contributed by atoms with Gasteiger partial charge in [0.05, 0.1) is 19.0 Å². The summed E-state index contributed by atoms with van der Waals surface area (Å²) < 4.78 is 29.0. The predicted octanol–water partition coefficient (Wildman–Crippen LogP) is -1.07. The summed E-state index contributed by atoms with van der Waals surface area (Å²) in [5.41, 5.74) is 0. The molecule has 0 aliphatic carbocycles. The summed E-state index contributed by atoms with van der Waals surface area (Å²) in [5.74, 6) is -0.0756. The molecule has 0 rings (SSSR count). The van der Waals surface area contributed by atoms with E-state index in [2.05, 4.69) is 9.46 Å². The second kappa shape index (κ2) is 5.47. The lowest BCUT2D eigenvalue weighted by atomic mass is 10.4. The number of rotatable bonds is 6. The standard InChI is InChI=1S/C6H15NO4S/c1-6(5-8)7-12(9,10)4-3-11-2/h6-8H,3-5H2,1-2H3. The first kappa shape index (κ1) is 11.8. The van der Waals surface area contributed by atoms with Gasteiger partial charge in [-0.15, -0.1) is 0 Å². The Morgan fingerprint density at radius 3 is 2.58 bits per heavy atom. The average molecular weight is 197 g/mol. The van der Waals surface area contributed by atoms with Crippen molar-refractivity contribution in [2.75, 3.05) is 26.1 Å². The minimum absolute atomic E-state index is 0.0756. The maximum Gasteiger partial charge on any atom is 0.214 e. The van der Waals surface area contributed by atoms with Crippen molar-refractivity contribution < 1.29 is 18.3 Å². The summed E-state index contributed by atoms with van der Waals surface area (Å²) in [6, 6.07) is -0.438. The molecule has 0 aromatic carbocycles. The molecule has 0 aromatic heterocycles. The molecular formula is C6H15NO4S. The zero-order valence-corrected chi connectivity index (χ0v) is 8.10. The van der Waals surface area contributed by atoms with Gasteiger partial charge in [0.2, 0.25) is 10.0 Å². The topological polar surface area (TPSA) is 75.6 Å². The molecule has 74 valence electrons. The Morgan fingerprint density at radius 1 is 1.58 bits per heavy atom. The minimum Gasteiger partial charge on any atom is -0.395 e. The van der Waals surface area contributed by atoms with Crippen LogP contribution in [0.25, 0.3) is 0 Å². The smallest absolute Gasteiger partial charge is 0.214 e. The van der Waals surface area contributed by atoms with Crippen molar-refractivity contribution >= 4 is 10.0 Å². The Bertz CT molecular complexity index is 202. The number of aliphatic hydroxyl groups is 1. The van der Waals surface area contributed by atoms with Crippen LogP contribution in [0.4, 0.5) is 0 Å². The fourth-order valence-corrected chi connectivity index (χ4v) is 1.79. The lowest BCUT2D eigenvalue weighted by Crippen LogP contribution is -2.37. The number of methoxy groups -OCH3 is 1. The van der Waals surface area contributed by atoms with Gasteiger partial charge in [-0.1, -0.05) is 0 Å². The molecule has 0 bridgehead atoms. The van der Waals surface area contributed by atoms with Gasteiger partial charge >= 0.3 is 0 Å². The summed E-state index contributed by atoms with van der Waals surface area (Å²) in [5, 5.41) is 8.57. The van der Waals surface area contributed by atoms with Gasteiger partial charge in [0.25, 0.3) is 0 Å². The van der Waals surface area contributed by atoms with E-state index in [9.17, 15) is 8.42 Å². The van der Waals surface area contributed by atoms with E-state index < -0.39 is 16.1 Å². The van der Waals surface area contributed by atoms with Crippen LogP contribution in [-0.2, 0) is 14.8 Å². The van der Waals surface area contributed by atoms with Gasteiger partial charge in [-0.3, -0.25) is 0 Å². The molecule has 0 aliphatic rings. The first-order chi connectivity index (χ1) is 5.52. The maximum absolute atomic E-state index is 11.1. The molecule has 5 nitrogen and oxygen atoms in total. The third-order valence-corrected chi connectivity index (χ3v) is 2.68. The Hall–Kier alpha value is -0.170. The molecule has 0 saturated heterocycles. The van der Waals surface area contributed by atoms with Gasteiger partial charge in [-0.05, 0) is 6.92 Å². The van der Waals surface area contributed by atoms with Crippen molar-refractivity contribution in [3.8, 4) is 0 Å². The highest BCUT2D eigenvalue weighted by Crippen LogP contribution is 1.88. The molecule has 1 atom stereocenters. The van der Waals surface area contributed by atoms with Crippen LogP contribution in [0.5, 0.6) is 0 Å². The molecule has 12 heavy (non-hydrogen) atoms. The SMILES string of the molecule is COCCS(=O)(=O)NC(C)CO. The zero-order chi connectivity index (χ0) is 9.61. The molecular weight excluding hydrogens is 182 g/mol. The van der Waals surface area contributed by atoms with Gasteiger partial charge in [-0.2, -0.15) is 0 Å². The molecule has 0 spiro atoms. The highest BCUT2D eigenvalue weighted by molar-refractivity contribution is 7.89. The Kier molecular flexibility index (Phi) is 5.39. The van der Waals surface area contributed by atoms with Gasteiger partial charge < -0.3 is 9.84 Å². The highest BCUT2D eigenvalue weighted by atomic mass is 32.2. The summed E-state index contributed by atoms with van der Waals surface area (Å²) in [7, 11) is -1.85. The number of sulfonamides is 1. The van der Waals surface area contributed by atoms with Gasteiger partial charge in [-0.25, -0.2) is 13.1 Å². The van der Waals surface area contributed by atoms with Gasteiger partial charge in [0, 0.05) is 13.2 Å². The Morgan fingerprint density at radius 2 is 2.17 bits per heavy atom. The van der Waals surface area contributed by atoms with E-state index >= 15 is 0 Å². The second-order valence-corrected chi connectivity index (χ2v) is 4.39. The van der Waals surface area contributed by atoms with E-state index in [0.29, 0.717) is 0 Å². The third-order valence-electron chi connectivity index (χ3n) is 1.21. The van der Waals surface area contributed by atoms with Gasteiger partial charge in [0.1, 0.15) is 0 Å². The summed E-state index contributed by atoms with van der Waals surface area (Å²) in [6.07, 6.45) is 0. The van der Waals surface area contributed by atoms with Crippen LogP contribution < -0.4 is 4.72 Å². The van der Waals surface area contributed by atoms with E-state index in [4.69, 9.17) is 5.11 Å². The molecule has 0 aromatic rings. The second-order valence-electron chi connectivity index (χ2n) is 2.51. The minimum atomic E-state index is -3.29. The van der Waals surface area contributed by atoms with Crippen molar-refractivity contribution in [3.05, 3.63) is 0 Å². The Balaban J connectivity index is 3.88. The van der Waals surface area contributed by atoms with Crippen LogP contribution in [0, 0.1) is 0 Å². The van der Waals surface area contributed by atoms with Crippen molar-refractivity contribution in [3.63, 3.8) is 0 Å². The highest BCUT2D eigenvalue weighted by Gasteiger charge is 2.12. The van der Waals surface area contributed by atoms with Crippen LogP contribution >= 0.6 is 0 Å². The normalized spacial score (nSPS) is 14.6. The number of hydrogen-bond donors (Lipinski definition) is 2. The van der Waals surface area contributed by atoms with Crippen molar-refractivity contribution in [1.29, 1.82) is 0 Å². The average Bonchev–Trinajstić information content (AvgIpc) is 2.00. The molecule has 0 radical (unpaired) electrons. The molecule has 6 heteroatoms. The fraction of sp³-hybridized carbons (Fsp3) is 1.00.